The van der Waals surface area contributed by atoms with Crippen LogP contribution in [0.15, 0.2) is 121 Å². The van der Waals surface area contributed by atoms with Gasteiger partial charge in [-0.15, -0.1) is 0 Å². The van der Waals surface area contributed by atoms with Crippen molar-refractivity contribution >= 4 is 78.5 Å². The number of carbonyl (C=O) groups is 6. The van der Waals surface area contributed by atoms with Crippen LogP contribution in [0, 0.1) is 11.8 Å². The molecule has 0 N–H and O–H groups in total. The predicted molar refractivity (Wildman–Crippen MR) is 432 cm³/mol. The van der Waals surface area contributed by atoms with Gasteiger partial charge >= 0.3 is 0 Å². The van der Waals surface area contributed by atoms with Crippen LogP contribution in [-0.4, -0.2) is 144 Å². The monoisotopic (exact) mass is 1510 g/mol. The van der Waals surface area contributed by atoms with Gasteiger partial charge in [-0.3, -0.25) is 38.6 Å². The van der Waals surface area contributed by atoms with Crippen molar-refractivity contribution in [2.24, 2.45) is 11.8 Å². The summed E-state index contributed by atoms with van der Waals surface area (Å²) < 4.78 is 53.2. The molecule has 6 unspecified atom stereocenters. The zero-order valence-electron chi connectivity index (χ0n) is 66.8. The fourth-order valence-corrected chi connectivity index (χ4v) is 17.8. The Labute approximate surface area is 655 Å². The van der Waals surface area contributed by atoms with E-state index in [1.807, 2.05) is 97.1 Å². The average molecular weight is 1510 g/mol. The van der Waals surface area contributed by atoms with Crippen LogP contribution in [0.4, 0.5) is 0 Å². The minimum Gasteiger partial charge on any atom is -0.457 e. The Kier molecular flexibility index (Phi) is 19.4. The molecule has 6 fully saturated rings. The Morgan fingerprint density at radius 3 is 0.777 bits per heavy atom. The highest BCUT2D eigenvalue weighted by Gasteiger charge is 2.50. The van der Waals surface area contributed by atoms with E-state index in [9.17, 15) is 0 Å². The van der Waals surface area contributed by atoms with Gasteiger partial charge in [-0.25, -0.2) is 0 Å². The van der Waals surface area contributed by atoms with Crippen molar-refractivity contribution in [3.05, 3.63) is 166 Å². The fourth-order valence-electron chi connectivity index (χ4n) is 17.8. The molecule has 2 aliphatic carbocycles. The van der Waals surface area contributed by atoms with E-state index in [2.05, 4.69) is 83.1 Å². The van der Waals surface area contributed by atoms with Crippen molar-refractivity contribution in [2.45, 2.75) is 218 Å². The van der Waals surface area contributed by atoms with Crippen molar-refractivity contribution in [3.8, 4) is 46.0 Å². The molecule has 18 nitrogen and oxygen atoms in total. The Bertz CT molecular complexity index is 4590. The standard InChI is InChI=1S/C94H104N4O14/c1-91(2,3)55-23-31-59(32-24-55)109-73-41-67-77-68(86(100)97(85(67)99)71(39-53-19-15-13-16-20-53)89(103)95(45-63-49-105-63)46-64-50-106-64)43-75(111-61-35-27-57(28-36-61)93(7,8)9)81-82-76(112-62-37-29-58(30-38-62)94(10,11)12)44-70-78-69(42-74(80(84(78)82)79(73)83(77)81)110-60-33-25-56(26-34-60)92(4,5)6)87(101)98(88(70)102)72(40-54-21-17-14-18-22-54)90(104)96(47-65-51-107-65)48-66-52-108-66/h23-38,41-44,53-54,63-66,71-72H,13-22,39-40,45-52H2,1-12H3. The first kappa shape index (κ1) is 75.2. The lowest BCUT2D eigenvalue weighted by Gasteiger charge is -2.39. The second-order valence-electron chi connectivity index (χ2n) is 37.0. The summed E-state index contributed by atoms with van der Waals surface area (Å²) in [4.78, 5) is 106. The summed E-state index contributed by atoms with van der Waals surface area (Å²) in [6.07, 6.45) is 8.95. The largest absolute Gasteiger partial charge is 0.457 e. The van der Waals surface area contributed by atoms with E-state index in [4.69, 9.17) is 37.9 Å². The number of fused-ring (bicyclic) bond motifs is 2. The highest BCUT2D eigenvalue weighted by molar-refractivity contribution is 6.45. The molecule has 6 heterocycles. The lowest BCUT2D eigenvalue weighted by Crippen LogP contribution is -2.56. The third kappa shape index (κ3) is 14.9. The van der Waals surface area contributed by atoms with Crippen molar-refractivity contribution in [2.75, 3.05) is 52.6 Å². The van der Waals surface area contributed by atoms with Gasteiger partial charge in [0.2, 0.25) is 11.8 Å². The van der Waals surface area contributed by atoms with Crippen LogP contribution in [0.3, 0.4) is 0 Å². The molecular weight excluding hydrogens is 1410 g/mol. The number of carbonyl (C=O) groups excluding carboxylic acids is 6. The molecule has 0 bridgehead atoms. The van der Waals surface area contributed by atoms with Crippen LogP contribution < -0.4 is 18.9 Å². The molecule has 9 aromatic carbocycles. The zero-order valence-corrected chi connectivity index (χ0v) is 66.8. The van der Waals surface area contributed by atoms with Crippen LogP contribution in [0.5, 0.6) is 46.0 Å². The quantitative estimate of drug-likeness (QED) is 0.0239. The van der Waals surface area contributed by atoms with Crippen LogP contribution in [0.1, 0.15) is 224 Å². The van der Waals surface area contributed by atoms with Crippen LogP contribution in [0.2, 0.25) is 0 Å². The van der Waals surface area contributed by atoms with E-state index in [0.717, 1.165) is 86.5 Å². The van der Waals surface area contributed by atoms with Crippen molar-refractivity contribution in [1.82, 2.24) is 19.6 Å². The first-order valence-corrected chi connectivity index (χ1v) is 40.8. The van der Waals surface area contributed by atoms with E-state index in [1.165, 1.54) is 9.80 Å². The van der Waals surface area contributed by atoms with Gasteiger partial charge in [0.15, 0.2) is 0 Å². The second-order valence-corrected chi connectivity index (χ2v) is 37.0. The van der Waals surface area contributed by atoms with E-state index in [0.29, 0.717) is 81.7 Å². The van der Waals surface area contributed by atoms with Crippen LogP contribution in [0.25, 0.3) is 43.1 Å². The Morgan fingerprint density at radius 1 is 0.348 bits per heavy atom. The number of benzene rings is 9. The lowest BCUT2D eigenvalue weighted by molar-refractivity contribution is -0.137. The summed E-state index contributed by atoms with van der Waals surface area (Å²) in [6.45, 7) is 28.7. The van der Waals surface area contributed by atoms with Crippen molar-refractivity contribution < 1.29 is 66.7 Å². The molecule has 9 aromatic rings. The molecule has 0 spiro atoms. The van der Waals surface area contributed by atoms with Gasteiger partial charge in [-0.05, 0) is 141 Å². The maximum absolute atomic E-state index is 17.0. The minimum atomic E-state index is -1.24. The van der Waals surface area contributed by atoms with Gasteiger partial charge in [-0.1, -0.05) is 196 Å². The molecule has 0 radical (unpaired) electrons. The SMILES string of the molecule is CC(C)(C)c1ccc(Oc2cc3c4c(cc(Oc5ccc(C(C)(C)C)cc5)c5c6c(Oc7ccc(C(C)(C)C)cc7)cc7c8c(cc(Oc9ccc(C(C)(C)C)cc9)c(c2c45)c86)C(=O)N(C(CC2CCCCC2)C(=O)N(CC2CO2)CC2CO2)C7=O)C(=O)N(C(CC2CCCCC2)C(=O)N(CC2CO2)CC2CO2)C3=O)cc1. The molecule has 0 aromatic heterocycles. The molecule has 17 rings (SSSR count). The summed E-state index contributed by atoms with van der Waals surface area (Å²) in [7, 11) is 0. The van der Waals surface area contributed by atoms with Crippen LogP contribution in [-0.2, 0) is 50.2 Å². The molecule has 4 saturated heterocycles. The molecule has 8 aliphatic rings. The molecule has 6 atom stereocenters. The number of hydrogen-bond acceptors (Lipinski definition) is 14. The number of nitrogens with zero attached hydrogens (tertiary/aromatic N) is 4. The number of hydrogen-bond donors (Lipinski definition) is 0. The average Bonchev–Trinajstić information content (AvgIpc) is 0.753. The molecule has 112 heavy (non-hydrogen) atoms. The van der Waals surface area contributed by atoms with Gasteiger partial charge in [0.05, 0.1) is 73.1 Å². The molecule has 6 amide bonds. The lowest BCUT2D eigenvalue weighted by atomic mass is 9.79. The highest BCUT2D eigenvalue weighted by atomic mass is 16.6. The fraction of sp³-hybridized carbons (Fsp3) is 0.468. The molecule has 18 heteroatoms. The number of imide groups is 2. The maximum Gasteiger partial charge on any atom is 0.262 e. The molecular formula is C94H104N4O14. The van der Waals surface area contributed by atoms with Crippen LogP contribution >= 0.6 is 0 Å². The Hall–Kier alpha value is -9.46. The Balaban J connectivity index is 0.991. The first-order valence-electron chi connectivity index (χ1n) is 40.8. The second kappa shape index (κ2) is 28.9. The van der Waals surface area contributed by atoms with Gasteiger partial charge in [-0.2, -0.15) is 0 Å². The van der Waals surface area contributed by atoms with Crippen molar-refractivity contribution in [3.63, 3.8) is 0 Å². The summed E-state index contributed by atoms with van der Waals surface area (Å²) in [6, 6.07) is 35.7. The molecule has 2 saturated carbocycles. The van der Waals surface area contributed by atoms with Gasteiger partial charge < -0.3 is 47.7 Å². The molecule has 584 valence electrons. The summed E-state index contributed by atoms with van der Waals surface area (Å²) in [5.41, 5.74) is 3.58. The third-order valence-corrected chi connectivity index (χ3v) is 24.4. The van der Waals surface area contributed by atoms with Gasteiger partial charge in [0.25, 0.3) is 23.6 Å². The zero-order chi connectivity index (χ0) is 78.2. The summed E-state index contributed by atoms with van der Waals surface area (Å²) >= 11 is 0. The third-order valence-electron chi connectivity index (χ3n) is 24.4. The van der Waals surface area contributed by atoms with Crippen molar-refractivity contribution in [1.29, 1.82) is 0 Å². The first-order chi connectivity index (χ1) is 53.5. The van der Waals surface area contributed by atoms with E-state index >= 15 is 28.8 Å². The summed E-state index contributed by atoms with van der Waals surface area (Å²) in [5, 5.41) is 2.68. The van der Waals surface area contributed by atoms with E-state index in [1.54, 1.807) is 34.1 Å². The Morgan fingerprint density at radius 2 is 0.571 bits per heavy atom. The maximum atomic E-state index is 17.0. The van der Waals surface area contributed by atoms with Gasteiger partial charge in [0.1, 0.15) is 58.1 Å². The van der Waals surface area contributed by atoms with E-state index < -0.39 is 35.7 Å². The number of rotatable bonds is 24. The number of ether oxygens (including phenoxy) is 8. The van der Waals surface area contributed by atoms with Gasteiger partial charge in [0, 0.05) is 69.3 Å². The number of epoxide rings is 4. The topological polar surface area (TPSA) is 202 Å². The number of amides is 6. The predicted octanol–water partition coefficient (Wildman–Crippen LogP) is 19.2. The molecule has 6 aliphatic heterocycles. The highest BCUT2D eigenvalue weighted by Crippen LogP contribution is 2.59. The minimum absolute atomic E-state index is 0.0274. The summed E-state index contributed by atoms with van der Waals surface area (Å²) in [5.74, 6) is -1.11. The smallest absolute Gasteiger partial charge is 0.262 e. The normalized spacial score (nSPS) is 20.6. The van der Waals surface area contributed by atoms with E-state index in [-0.39, 0.29) is 165 Å².